The second-order valence-electron chi connectivity index (χ2n) is 5.05. The molecule has 100 valence electrons. The largest absolute Gasteiger partial charge is 0.401 e. The van der Waals surface area contributed by atoms with E-state index in [9.17, 15) is 13.2 Å². The monoisotopic (exact) mass is 277 g/mol. The fraction of sp³-hybridized carbons (Fsp3) is 0.727. The van der Waals surface area contributed by atoms with Gasteiger partial charge in [0.2, 0.25) is 0 Å². The summed E-state index contributed by atoms with van der Waals surface area (Å²) < 4.78 is 37.0. The van der Waals surface area contributed by atoms with Crippen molar-refractivity contribution in [1.82, 2.24) is 9.88 Å². The van der Waals surface area contributed by atoms with Crippen LogP contribution in [0.4, 0.5) is 18.3 Å². The summed E-state index contributed by atoms with van der Waals surface area (Å²) in [4.78, 5) is 7.99. The van der Waals surface area contributed by atoms with Gasteiger partial charge in [-0.1, -0.05) is 0 Å². The number of fused-ring (bicyclic) bond motifs is 1. The van der Waals surface area contributed by atoms with Gasteiger partial charge >= 0.3 is 6.18 Å². The average molecular weight is 277 g/mol. The van der Waals surface area contributed by atoms with E-state index in [-0.39, 0.29) is 0 Å². The van der Waals surface area contributed by atoms with Crippen LogP contribution in [0.25, 0.3) is 0 Å². The number of halogens is 3. The number of likely N-dealkylation sites (tertiary alicyclic amines) is 1. The van der Waals surface area contributed by atoms with Gasteiger partial charge in [-0.25, -0.2) is 4.98 Å². The maximum absolute atomic E-state index is 12.3. The number of aromatic nitrogens is 1. The summed E-state index contributed by atoms with van der Waals surface area (Å²) in [6, 6.07) is 0. The van der Waals surface area contributed by atoms with E-state index < -0.39 is 12.7 Å². The van der Waals surface area contributed by atoms with Crippen LogP contribution < -0.4 is 4.90 Å². The van der Waals surface area contributed by atoms with Crippen molar-refractivity contribution in [1.29, 1.82) is 0 Å². The molecule has 0 N–H and O–H groups in total. The number of thiazole rings is 1. The summed E-state index contributed by atoms with van der Waals surface area (Å²) in [5, 5.41) is 2.92. The Kier molecular flexibility index (Phi) is 2.97. The van der Waals surface area contributed by atoms with Gasteiger partial charge in [-0.3, -0.25) is 4.90 Å². The average Bonchev–Trinajstić information content (AvgIpc) is 2.85. The minimum atomic E-state index is -4.08. The SMILES string of the molecule is FC(F)(F)CN1CC2CN(c3nccs3)CC2C1. The molecular formula is C11H14F3N3S. The summed E-state index contributed by atoms with van der Waals surface area (Å²) >= 11 is 1.59. The fourth-order valence-electron chi connectivity index (χ4n) is 3.00. The Balaban J connectivity index is 1.58. The number of hydrogen-bond donors (Lipinski definition) is 0. The minimum Gasteiger partial charge on any atom is -0.347 e. The number of rotatable bonds is 2. The van der Waals surface area contributed by atoms with Crippen LogP contribution in [-0.2, 0) is 0 Å². The van der Waals surface area contributed by atoms with Crippen LogP contribution in [0.1, 0.15) is 0 Å². The van der Waals surface area contributed by atoms with E-state index in [1.807, 2.05) is 5.38 Å². The molecule has 0 saturated carbocycles. The zero-order chi connectivity index (χ0) is 12.8. The van der Waals surface area contributed by atoms with Crippen LogP contribution in [0.5, 0.6) is 0 Å². The second-order valence-corrected chi connectivity index (χ2v) is 5.92. The van der Waals surface area contributed by atoms with Crippen LogP contribution in [0, 0.1) is 11.8 Å². The van der Waals surface area contributed by atoms with Gasteiger partial charge in [0, 0.05) is 37.8 Å². The molecule has 0 aromatic carbocycles. The van der Waals surface area contributed by atoms with Gasteiger partial charge in [0.05, 0.1) is 6.54 Å². The Bertz CT molecular complexity index is 392. The standard InChI is InChI=1S/C11H14F3N3S/c12-11(13,14)7-16-3-8-5-17(6-9(8)4-16)10-15-1-2-18-10/h1-2,8-9H,3-7H2. The molecule has 1 aromatic rings. The molecule has 0 aliphatic carbocycles. The van der Waals surface area contributed by atoms with Crippen LogP contribution >= 0.6 is 11.3 Å². The molecule has 2 aliphatic heterocycles. The van der Waals surface area contributed by atoms with E-state index in [0.717, 1.165) is 18.2 Å². The first kappa shape index (κ1) is 12.2. The van der Waals surface area contributed by atoms with E-state index in [4.69, 9.17) is 0 Å². The highest BCUT2D eigenvalue weighted by Crippen LogP contribution is 2.35. The van der Waals surface area contributed by atoms with Crippen molar-refractivity contribution in [3.8, 4) is 0 Å². The molecule has 3 rings (SSSR count). The maximum atomic E-state index is 12.3. The lowest BCUT2D eigenvalue weighted by molar-refractivity contribution is -0.144. The zero-order valence-corrected chi connectivity index (χ0v) is 10.5. The molecule has 2 unspecified atom stereocenters. The first-order valence-corrected chi connectivity index (χ1v) is 6.83. The van der Waals surface area contributed by atoms with Gasteiger partial charge in [0.15, 0.2) is 5.13 Å². The second kappa shape index (κ2) is 4.38. The third-order valence-corrected chi connectivity index (χ3v) is 4.49. The molecular weight excluding hydrogens is 263 g/mol. The highest BCUT2D eigenvalue weighted by atomic mass is 32.1. The maximum Gasteiger partial charge on any atom is 0.401 e. The molecule has 3 heterocycles. The lowest BCUT2D eigenvalue weighted by Crippen LogP contribution is -2.35. The molecule has 2 aliphatic rings. The summed E-state index contributed by atoms with van der Waals surface area (Å²) in [6.45, 7) is 2.04. The fourth-order valence-corrected chi connectivity index (χ4v) is 3.66. The van der Waals surface area contributed by atoms with Gasteiger partial charge in [-0.05, 0) is 11.8 Å². The van der Waals surface area contributed by atoms with Gasteiger partial charge in [-0.2, -0.15) is 13.2 Å². The van der Waals surface area contributed by atoms with Crippen LogP contribution in [0.3, 0.4) is 0 Å². The first-order chi connectivity index (χ1) is 8.51. The van der Waals surface area contributed by atoms with Gasteiger partial charge in [0.25, 0.3) is 0 Å². The Hall–Kier alpha value is -0.820. The van der Waals surface area contributed by atoms with E-state index in [2.05, 4.69) is 9.88 Å². The topological polar surface area (TPSA) is 19.4 Å². The van der Waals surface area contributed by atoms with Crippen molar-refractivity contribution in [2.24, 2.45) is 11.8 Å². The number of nitrogens with zero attached hydrogens (tertiary/aromatic N) is 3. The van der Waals surface area contributed by atoms with Crippen molar-refractivity contribution < 1.29 is 13.2 Å². The Morgan fingerprint density at radius 3 is 2.39 bits per heavy atom. The van der Waals surface area contributed by atoms with Gasteiger partial charge in [0.1, 0.15) is 0 Å². The smallest absolute Gasteiger partial charge is 0.347 e. The first-order valence-electron chi connectivity index (χ1n) is 5.95. The van der Waals surface area contributed by atoms with E-state index in [0.29, 0.717) is 24.9 Å². The Labute approximate surface area is 107 Å². The quantitative estimate of drug-likeness (QED) is 0.825. The van der Waals surface area contributed by atoms with E-state index in [1.54, 1.807) is 17.5 Å². The Morgan fingerprint density at radius 1 is 1.22 bits per heavy atom. The highest BCUT2D eigenvalue weighted by Gasteiger charge is 2.43. The number of hydrogen-bond acceptors (Lipinski definition) is 4. The number of anilines is 1. The summed E-state index contributed by atoms with van der Waals surface area (Å²) in [5.41, 5.74) is 0. The third-order valence-electron chi connectivity index (χ3n) is 3.65. The summed E-state index contributed by atoms with van der Waals surface area (Å²) in [6.07, 6.45) is -2.31. The van der Waals surface area contributed by atoms with Gasteiger partial charge < -0.3 is 4.90 Å². The molecule has 0 bridgehead atoms. The third kappa shape index (κ3) is 2.47. The molecule has 2 fully saturated rings. The van der Waals surface area contributed by atoms with Crippen molar-refractivity contribution in [2.75, 3.05) is 37.6 Å². The molecule has 3 nitrogen and oxygen atoms in total. The van der Waals surface area contributed by atoms with Crippen LogP contribution in [0.15, 0.2) is 11.6 Å². The summed E-state index contributed by atoms with van der Waals surface area (Å²) in [5.74, 6) is 0.715. The van der Waals surface area contributed by atoms with Crippen molar-refractivity contribution in [3.63, 3.8) is 0 Å². The molecule has 1 aromatic heterocycles. The molecule has 0 amide bonds. The van der Waals surface area contributed by atoms with E-state index >= 15 is 0 Å². The lowest BCUT2D eigenvalue weighted by Gasteiger charge is -2.21. The van der Waals surface area contributed by atoms with E-state index in [1.165, 1.54) is 4.90 Å². The molecule has 2 atom stereocenters. The normalized spacial score (nSPS) is 28.9. The molecule has 0 radical (unpaired) electrons. The zero-order valence-electron chi connectivity index (χ0n) is 9.73. The predicted molar refractivity (Wildman–Crippen MR) is 63.8 cm³/mol. The molecule has 7 heteroatoms. The highest BCUT2D eigenvalue weighted by molar-refractivity contribution is 7.13. The lowest BCUT2D eigenvalue weighted by atomic mass is 10.0. The van der Waals surface area contributed by atoms with Crippen LogP contribution in [-0.4, -0.2) is 48.8 Å². The summed E-state index contributed by atoms with van der Waals surface area (Å²) in [7, 11) is 0. The van der Waals surface area contributed by atoms with Crippen LogP contribution in [0.2, 0.25) is 0 Å². The predicted octanol–water partition coefficient (Wildman–Crippen LogP) is 2.07. The van der Waals surface area contributed by atoms with Crippen molar-refractivity contribution >= 4 is 16.5 Å². The Morgan fingerprint density at radius 2 is 1.89 bits per heavy atom. The van der Waals surface area contributed by atoms with Crippen molar-refractivity contribution in [2.45, 2.75) is 6.18 Å². The number of alkyl halides is 3. The van der Waals surface area contributed by atoms with Crippen molar-refractivity contribution in [3.05, 3.63) is 11.6 Å². The molecule has 2 saturated heterocycles. The minimum absolute atomic E-state index is 0.358. The molecule has 18 heavy (non-hydrogen) atoms. The van der Waals surface area contributed by atoms with Gasteiger partial charge in [-0.15, -0.1) is 11.3 Å². The molecule has 0 spiro atoms.